The maximum atomic E-state index is 12.3. The Kier molecular flexibility index (Phi) is 6.56. The molecule has 28 heavy (non-hydrogen) atoms. The normalized spacial score (nSPS) is 11.6. The lowest BCUT2D eigenvalue weighted by Gasteiger charge is -2.24. The Morgan fingerprint density at radius 3 is 2.21 bits per heavy atom. The van der Waals surface area contributed by atoms with Gasteiger partial charge in [0.05, 0.1) is 24.2 Å². The molecule has 0 atom stereocenters. The Morgan fingerprint density at radius 2 is 1.68 bits per heavy atom. The van der Waals surface area contributed by atoms with E-state index in [-0.39, 0.29) is 22.6 Å². The first-order chi connectivity index (χ1) is 13.1. The molecule has 0 aromatic heterocycles. The highest BCUT2D eigenvalue weighted by atomic mass is 32.2. The number of anilines is 2. The van der Waals surface area contributed by atoms with Crippen LogP contribution < -0.4 is 19.5 Å². The van der Waals surface area contributed by atoms with E-state index in [1.165, 1.54) is 7.11 Å². The summed E-state index contributed by atoms with van der Waals surface area (Å²) in [5.41, 5.74) is 1.09. The average molecular weight is 407 g/mol. The molecule has 0 fully saturated rings. The summed E-state index contributed by atoms with van der Waals surface area (Å²) in [4.78, 5) is 12.3. The van der Waals surface area contributed by atoms with Crippen LogP contribution in [-0.2, 0) is 15.4 Å². The van der Waals surface area contributed by atoms with E-state index in [0.29, 0.717) is 11.4 Å². The van der Waals surface area contributed by atoms with Crippen molar-refractivity contribution in [3.8, 4) is 11.5 Å². The zero-order valence-corrected chi connectivity index (χ0v) is 17.5. The first-order valence-electron chi connectivity index (χ1n) is 8.82. The molecule has 7 nitrogen and oxygen atoms in total. The predicted molar refractivity (Wildman–Crippen MR) is 111 cm³/mol. The molecular formula is C20H26N2O5S. The molecule has 0 bridgehead atoms. The number of hydrogen-bond donors (Lipinski definition) is 2. The van der Waals surface area contributed by atoms with Gasteiger partial charge in [0.15, 0.2) is 5.75 Å². The second kappa shape index (κ2) is 8.52. The second-order valence-corrected chi connectivity index (χ2v) is 9.20. The highest BCUT2D eigenvalue weighted by Gasteiger charge is 2.23. The fourth-order valence-electron chi connectivity index (χ4n) is 2.42. The number of nitrogens with one attached hydrogen (secondary N) is 2. The quantitative estimate of drug-likeness (QED) is 0.743. The van der Waals surface area contributed by atoms with Gasteiger partial charge < -0.3 is 9.47 Å². The number of carbonyl (C=O) groups is 1. The number of rotatable bonds is 6. The van der Waals surface area contributed by atoms with Crippen LogP contribution in [0, 0.1) is 0 Å². The molecule has 152 valence electrons. The Labute approximate surface area is 166 Å². The van der Waals surface area contributed by atoms with Crippen LogP contribution in [0.5, 0.6) is 11.5 Å². The summed E-state index contributed by atoms with van der Waals surface area (Å²) in [6, 6.07) is 12.1. The number of benzene rings is 2. The number of para-hydroxylation sites is 1. The van der Waals surface area contributed by atoms with Gasteiger partial charge in [-0.25, -0.2) is 13.2 Å². The molecule has 0 radical (unpaired) electrons. The number of carbonyl (C=O) groups excluding carboxylic acids is 1. The minimum Gasteiger partial charge on any atom is -0.492 e. The molecule has 0 aliphatic carbocycles. The van der Waals surface area contributed by atoms with Crippen molar-refractivity contribution in [3.63, 3.8) is 0 Å². The van der Waals surface area contributed by atoms with E-state index in [2.05, 4.69) is 10.0 Å². The van der Waals surface area contributed by atoms with Crippen molar-refractivity contribution in [2.24, 2.45) is 0 Å². The van der Waals surface area contributed by atoms with E-state index in [1.54, 1.807) is 43.3 Å². The zero-order chi connectivity index (χ0) is 20.9. The second-order valence-electron chi connectivity index (χ2n) is 7.19. The van der Waals surface area contributed by atoms with Crippen molar-refractivity contribution in [1.29, 1.82) is 0 Å². The van der Waals surface area contributed by atoms with Gasteiger partial charge in [0, 0.05) is 0 Å². The topological polar surface area (TPSA) is 93.7 Å². The van der Waals surface area contributed by atoms with Crippen molar-refractivity contribution in [2.45, 2.75) is 33.1 Å². The number of hydrogen-bond acceptors (Lipinski definition) is 5. The molecule has 1 amide bonds. The number of sulfonamides is 1. The van der Waals surface area contributed by atoms with E-state index < -0.39 is 16.1 Å². The molecule has 8 heteroatoms. The van der Waals surface area contributed by atoms with Crippen LogP contribution in [0.1, 0.15) is 33.3 Å². The molecule has 0 spiro atoms. The van der Waals surface area contributed by atoms with Crippen LogP contribution >= 0.6 is 0 Å². The van der Waals surface area contributed by atoms with Crippen LogP contribution in [0.15, 0.2) is 42.5 Å². The predicted octanol–water partition coefficient (Wildman–Crippen LogP) is 4.37. The number of amides is 1. The van der Waals surface area contributed by atoms with Crippen LogP contribution in [-0.4, -0.2) is 27.4 Å². The first-order valence-corrected chi connectivity index (χ1v) is 10.5. The smallest absolute Gasteiger partial charge is 0.417 e. The van der Waals surface area contributed by atoms with Gasteiger partial charge in [0.1, 0.15) is 5.75 Å². The van der Waals surface area contributed by atoms with Gasteiger partial charge >= 0.3 is 6.09 Å². The fraction of sp³-hybridized carbons (Fsp3) is 0.350. The van der Waals surface area contributed by atoms with Crippen molar-refractivity contribution in [3.05, 3.63) is 48.0 Å². The molecule has 0 aliphatic heterocycles. The molecule has 2 aromatic carbocycles. The summed E-state index contributed by atoms with van der Waals surface area (Å²) >= 11 is 0. The lowest BCUT2D eigenvalue weighted by atomic mass is 9.86. The summed E-state index contributed by atoms with van der Waals surface area (Å²) < 4.78 is 37.4. The molecule has 2 N–H and O–H groups in total. The van der Waals surface area contributed by atoms with Gasteiger partial charge in [-0.05, 0) is 42.2 Å². The largest absolute Gasteiger partial charge is 0.492 e. The summed E-state index contributed by atoms with van der Waals surface area (Å²) in [7, 11) is -2.13. The minimum absolute atomic E-state index is 0.0886. The third-order valence-electron chi connectivity index (χ3n) is 4.00. The van der Waals surface area contributed by atoms with Gasteiger partial charge in [-0.15, -0.1) is 0 Å². The molecule has 0 aliphatic rings. The highest BCUT2D eigenvalue weighted by molar-refractivity contribution is 7.92. The molecule has 0 saturated carbocycles. The van der Waals surface area contributed by atoms with Crippen molar-refractivity contribution in [2.75, 3.05) is 22.9 Å². The van der Waals surface area contributed by atoms with Gasteiger partial charge in [0.2, 0.25) is 10.0 Å². The Morgan fingerprint density at radius 1 is 1.07 bits per heavy atom. The summed E-state index contributed by atoms with van der Waals surface area (Å²) in [6.07, 6.45) is -0.708. The average Bonchev–Trinajstić information content (AvgIpc) is 2.61. The molecular weight excluding hydrogens is 380 g/mol. The lowest BCUT2D eigenvalue weighted by Crippen LogP contribution is -2.21. The molecule has 0 unspecified atom stereocenters. The van der Waals surface area contributed by atoms with E-state index >= 15 is 0 Å². The molecule has 2 aromatic rings. The lowest BCUT2D eigenvalue weighted by molar-refractivity contribution is 0.215. The molecule has 0 heterocycles. The third-order valence-corrected chi connectivity index (χ3v) is 5.29. The maximum Gasteiger partial charge on any atom is 0.417 e. The van der Waals surface area contributed by atoms with Crippen LogP contribution in [0.25, 0.3) is 0 Å². The van der Waals surface area contributed by atoms with Crippen LogP contribution in [0.2, 0.25) is 0 Å². The maximum absolute atomic E-state index is 12.3. The van der Waals surface area contributed by atoms with Gasteiger partial charge in [-0.1, -0.05) is 39.0 Å². The number of methoxy groups -OCH3 is 1. The van der Waals surface area contributed by atoms with Crippen molar-refractivity contribution < 1.29 is 22.7 Å². The van der Waals surface area contributed by atoms with Crippen molar-refractivity contribution >= 4 is 27.5 Å². The van der Waals surface area contributed by atoms with Crippen molar-refractivity contribution in [1.82, 2.24) is 0 Å². The standard InChI is InChI=1S/C20H26N2O5S/c1-6-28(24,25)22-17-13-14(20(2,3)4)12-16(18(17)26-5)21-19(23)27-15-10-8-7-9-11-15/h7-13,22H,6H2,1-5H3,(H,21,23). The summed E-state index contributed by atoms with van der Waals surface area (Å²) in [5, 5.41) is 2.65. The zero-order valence-electron chi connectivity index (χ0n) is 16.7. The first kappa shape index (κ1) is 21.6. The van der Waals surface area contributed by atoms with E-state index in [1.807, 2.05) is 26.8 Å². The molecule has 2 rings (SSSR count). The Balaban J connectivity index is 2.44. The van der Waals surface area contributed by atoms with Gasteiger partial charge in [-0.3, -0.25) is 10.0 Å². The van der Waals surface area contributed by atoms with Crippen LogP contribution in [0.3, 0.4) is 0 Å². The number of ether oxygens (including phenoxy) is 2. The van der Waals surface area contributed by atoms with E-state index in [9.17, 15) is 13.2 Å². The minimum atomic E-state index is -3.54. The summed E-state index contributed by atoms with van der Waals surface area (Å²) in [6.45, 7) is 7.50. The highest BCUT2D eigenvalue weighted by Crippen LogP contribution is 2.39. The summed E-state index contributed by atoms with van der Waals surface area (Å²) in [5.74, 6) is 0.502. The van der Waals surface area contributed by atoms with Gasteiger partial charge in [0.25, 0.3) is 0 Å². The van der Waals surface area contributed by atoms with E-state index in [4.69, 9.17) is 9.47 Å². The van der Waals surface area contributed by atoms with Gasteiger partial charge in [-0.2, -0.15) is 0 Å². The van der Waals surface area contributed by atoms with E-state index in [0.717, 1.165) is 5.56 Å². The SMILES string of the molecule is CCS(=O)(=O)Nc1cc(C(C)(C)C)cc(NC(=O)Oc2ccccc2)c1OC. The monoisotopic (exact) mass is 406 g/mol. The Bertz CT molecular complexity index is 935. The van der Waals surface area contributed by atoms with Crippen LogP contribution in [0.4, 0.5) is 16.2 Å². The third kappa shape index (κ3) is 5.63. The Hall–Kier alpha value is -2.74. The molecule has 0 saturated heterocycles. The fourth-order valence-corrected chi connectivity index (χ4v) is 3.05.